The average Bonchev–Trinajstić information content (AvgIpc) is 2.83. The summed E-state index contributed by atoms with van der Waals surface area (Å²) >= 11 is 0. The van der Waals surface area contributed by atoms with Gasteiger partial charge in [0, 0.05) is 25.3 Å². The molecule has 180 valence electrons. The Kier molecular flexibility index (Phi) is 8.42. The van der Waals surface area contributed by atoms with Gasteiger partial charge in [0.1, 0.15) is 0 Å². The SMILES string of the molecule is C[C@@H]1C[C@@H](C)CN(S(=O)(=O)c2ccc(C(=O)OCC(=O)N(CCC#N)c3ccccc3)cc2)C1. The van der Waals surface area contributed by atoms with Crippen LogP contribution in [0.15, 0.2) is 59.5 Å². The van der Waals surface area contributed by atoms with Crippen LogP contribution >= 0.6 is 0 Å². The van der Waals surface area contributed by atoms with Crippen LogP contribution in [0.5, 0.6) is 0 Å². The molecule has 9 heteroatoms. The number of carbonyl (C=O) groups is 2. The van der Waals surface area contributed by atoms with Crippen molar-refractivity contribution >= 4 is 27.6 Å². The van der Waals surface area contributed by atoms with E-state index in [2.05, 4.69) is 0 Å². The molecule has 0 radical (unpaired) electrons. The van der Waals surface area contributed by atoms with E-state index >= 15 is 0 Å². The highest BCUT2D eigenvalue weighted by atomic mass is 32.2. The summed E-state index contributed by atoms with van der Waals surface area (Å²) in [7, 11) is -3.65. The van der Waals surface area contributed by atoms with E-state index in [1.54, 1.807) is 24.3 Å². The van der Waals surface area contributed by atoms with E-state index in [9.17, 15) is 18.0 Å². The molecule has 3 rings (SSSR count). The van der Waals surface area contributed by atoms with Crippen molar-refractivity contribution in [3.63, 3.8) is 0 Å². The van der Waals surface area contributed by atoms with Gasteiger partial charge in [-0.2, -0.15) is 9.57 Å². The van der Waals surface area contributed by atoms with E-state index in [-0.39, 0.29) is 35.3 Å². The third-order valence-electron chi connectivity index (χ3n) is 5.71. The van der Waals surface area contributed by atoms with Crippen LogP contribution in [0.3, 0.4) is 0 Å². The molecule has 0 spiro atoms. The molecule has 0 bridgehead atoms. The molecule has 34 heavy (non-hydrogen) atoms. The summed E-state index contributed by atoms with van der Waals surface area (Å²) in [5, 5.41) is 8.88. The van der Waals surface area contributed by atoms with Crippen LogP contribution in [0, 0.1) is 23.2 Å². The number of nitrogens with zero attached hydrogens (tertiary/aromatic N) is 3. The van der Waals surface area contributed by atoms with Crippen LogP contribution in [0.2, 0.25) is 0 Å². The molecule has 1 heterocycles. The first-order valence-electron chi connectivity index (χ1n) is 11.2. The largest absolute Gasteiger partial charge is 0.452 e. The number of hydrogen-bond acceptors (Lipinski definition) is 6. The fourth-order valence-electron chi connectivity index (χ4n) is 4.17. The summed E-state index contributed by atoms with van der Waals surface area (Å²) in [5.41, 5.74) is 0.755. The van der Waals surface area contributed by atoms with Gasteiger partial charge in [0.25, 0.3) is 5.91 Å². The van der Waals surface area contributed by atoms with Crippen LogP contribution < -0.4 is 4.90 Å². The number of amides is 1. The molecular formula is C25H29N3O5S. The molecule has 1 aliphatic rings. The fourth-order valence-corrected chi connectivity index (χ4v) is 5.85. The van der Waals surface area contributed by atoms with Crippen LogP contribution in [0.25, 0.3) is 0 Å². The third-order valence-corrected chi connectivity index (χ3v) is 7.55. The standard InChI is InChI=1S/C25H29N3O5S/c1-19-15-20(2)17-27(16-19)34(31,32)23-11-9-21(10-12-23)25(30)33-18-24(29)28(14-6-13-26)22-7-4-3-5-8-22/h3-5,7-12,19-20H,6,14-18H2,1-2H3/t19-,20-/m1/s1. The van der Waals surface area contributed by atoms with Crippen LogP contribution in [0.1, 0.15) is 37.0 Å². The number of esters is 1. The van der Waals surface area contributed by atoms with E-state index in [1.165, 1.54) is 33.5 Å². The van der Waals surface area contributed by atoms with Crippen molar-refractivity contribution in [1.82, 2.24) is 4.31 Å². The van der Waals surface area contributed by atoms with E-state index in [1.807, 2.05) is 26.0 Å². The highest BCUT2D eigenvalue weighted by Gasteiger charge is 2.31. The molecule has 1 saturated heterocycles. The number of hydrogen-bond donors (Lipinski definition) is 0. The minimum absolute atomic E-state index is 0.119. The van der Waals surface area contributed by atoms with Gasteiger partial charge in [0.05, 0.1) is 22.9 Å². The van der Waals surface area contributed by atoms with E-state index in [4.69, 9.17) is 10.00 Å². The number of anilines is 1. The predicted octanol–water partition coefficient (Wildman–Crippen LogP) is 3.46. The first-order chi connectivity index (χ1) is 16.2. The van der Waals surface area contributed by atoms with Gasteiger partial charge in [-0.05, 0) is 54.7 Å². The van der Waals surface area contributed by atoms with Crippen molar-refractivity contribution in [2.75, 3.05) is 31.1 Å². The Bertz CT molecular complexity index is 1130. The summed E-state index contributed by atoms with van der Waals surface area (Å²) in [6.07, 6.45) is 1.13. The second-order valence-corrected chi connectivity index (χ2v) is 10.6. The number of para-hydroxylation sites is 1. The molecule has 0 N–H and O–H groups in total. The second-order valence-electron chi connectivity index (χ2n) is 8.66. The number of sulfonamides is 1. The number of ether oxygens (including phenoxy) is 1. The van der Waals surface area contributed by atoms with E-state index in [0.717, 1.165) is 6.42 Å². The van der Waals surface area contributed by atoms with E-state index < -0.39 is 28.5 Å². The lowest BCUT2D eigenvalue weighted by atomic mass is 9.94. The number of benzene rings is 2. The molecule has 1 fully saturated rings. The Balaban J connectivity index is 1.64. The molecule has 2 aromatic carbocycles. The van der Waals surface area contributed by atoms with Gasteiger partial charge in [-0.15, -0.1) is 0 Å². The zero-order valence-electron chi connectivity index (χ0n) is 19.4. The Morgan fingerprint density at radius 1 is 1.06 bits per heavy atom. The molecule has 1 amide bonds. The second kappa shape index (κ2) is 11.3. The Morgan fingerprint density at radius 2 is 1.68 bits per heavy atom. The number of nitriles is 1. The van der Waals surface area contributed by atoms with Crippen molar-refractivity contribution in [2.45, 2.75) is 31.6 Å². The van der Waals surface area contributed by atoms with Crippen molar-refractivity contribution in [3.05, 3.63) is 60.2 Å². The number of carbonyl (C=O) groups excluding carboxylic acids is 2. The van der Waals surface area contributed by atoms with Gasteiger partial charge < -0.3 is 9.64 Å². The van der Waals surface area contributed by atoms with Gasteiger partial charge in [-0.25, -0.2) is 13.2 Å². The van der Waals surface area contributed by atoms with Gasteiger partial charge in [-0.3, -0.25) is 4.79 Å². The molecule has 8 nitrogen and oxygen atoms in total. The minimum Gasteiger partial charge on any atom is -0.452 e. The highest BCUT2D eigenvalue weighted by Crippen LogP contribution is 2.27. The van der Waals surface area contributed by atoms with Crippen molar-refractivity contribution < 1.29 is 22.7 Å². The van der Waals surface area contributed by atoms with Gasteiger partial charge in [0.2, 0.25) is 10.0 Å². The lowest BCUT2D eigenvalue weighted by molar-refractivity contribution is -0.121. The normalized spacial score (nSPS) is 18.6. The van der Waals surface area contributed by atoms with Gasteiger partial charge in [0.15, 0.2) is 6.61 Å². The molecule has 1 aliphatic heterocycles. The summed E-state index contributed by atoms with van der Waals surface area (Å²) < 4.78 is 32.7. The summed E-state index contributed by atoms with van der Waals surface area (Å²) in [5.74, 6) is -0.615. The molecule has 2 atom stereocenters. The molecule has 0 unspecified atom stereocenters. The summed E-state index contributed by atoms with van der Waals surface area (Å²) in [4.78, 5) is 26.6. The minimum atomic E-state index is -3.65. The van der Waals surface area contributed by atoms with E-state index in [0.29, 0.717) is 18.8 Å². The average molecular weight is 484 g/mol. The highest BCUT2D eigenvalue weighted by molar-refractivity contribution is 7.89. The first-order valence-corrected chi connectivity index (χ1v) is 12.7. The number of rotatable bonds is 8. The third kappa shape index (κ3) is 6.22. The summed E-state index contributed by atoms with van der Waals surface area (Å²) in [6, 6.07) is 16.4. The van der Waals surface area contributed by atoms with Gasteiger partial charge in [-0.1, -0.05) is 32.0 Å². The first kappa shape index (κ1) is 25.4. The maximum Gasteiger partial charge on any atom is 0.338 e. The zero-order chi connectivity index (χ0) is 24.7. The molecular weight excluding hydrogens is 454 g/mol. The van der Waals surface area contributed by atoms with Crippen molar-refractivity contribution in [3.8, 4) is 6.07 Å². The lowest BCUT2D eigenvalue weighted by Gasteiger charge is -2.34. The fraction of sp³-hybridized carbons (Fsp3) is 0.400. The lowest BCUT2D eigenvalue weighted by Crippen LogP contribution is -2.42. The van der Waals surface area contributed by atoms with Gasteiger partial charge >= 0.3 is 5.97 Å². The Hall–Kier alpha value is -3.22. The zero-order valence-corrected chi connectivity index (χ0v) is 20.2. The molecule has 0 aliphatic carbocycles. The predicted molar refractivity (Wildman–Crippen MR) is 127 cm³/mol. The topological polar surface area (TPSA) is 108 Å². The Morgan fingerprint density at radius 3 is 2.26 bits per heavy atom. The van der Waals surface area contributed by atoms with Crippen LogP contribution in [0.4, 0.5) is 5.69 Å². The van der Waals surface area contributed by atoms with Crippen molar-refractivity contribution in [2.24, 2.45) is 11.8 Å². The number of piperidine rings is 1. The molecule has 2 aromatic rings. The van der Waals surface area contributed by atoms with Crippen LogP contribution in [-0.4, -0.2) is 50.8 Å². The molecule has 0 aromatic heterocycles. The Labute approximate surface area is 200 Å². The maximum absolute atomic E-state index is 13.0. The molecule has 0 saturated carbocycles. The quantitative estimate of drug-likeness (QED) is 0.532. The monoisotopic (exact) mass is 483 g/mol. The van der Waals surface area contributed by atoms with Crippen molar-refractivity contribution in [1.29, 1.82) is 5.26 Å². The summed E-state index contributed by atoms with van der Waals surface area (Å²) in [6.45, 7) is 4.71. The maximum atomic E-state index is 13.0. The van der Waals surface area contributed by atoms with Crippen LogP contribution in [-0.2, 0) is 19.6 Å². The smallest absolute Gasteiger partial charge is 0.338 e.